The van der Waals surface area contributed by atoms with Gasteiger partial charge < -0.3 is 5.73 Å². The summed E-state index contributed by atoms with van der Waals surface area (Å²) >= 11 is 0. The summed E-state index contributed by atoms with van der Waals surface area (Å²) in [5.41, 5.74) is 7.06. The summed E-state index contributed by atoms with van der Waals surface area (Å²) in [5.74, 6) is 1.61. The fraction of sp³-hybridized carbons (Fsp3) is 0.727. The van der Waals surface area contributed by atoms with Gasteiger partial charge in [-0.1, -0.05) is 12.8 Å². The number of hydrogen-bond donors (Lipinski definition) is 1. The number of hydrogen-bond acceptors (Lipinski definition) is 2. The van der Waals surface area contributed by atoms with E-state index >= 15 is 0 Å². The summed E-state index contributed by atoms with van der Waals surface area (Å²) < 4.78 is 1.99. The van der Waals surface area contributed by atoms with Crippen LogP contribution in [0.15, 0.2) is 6.20 Å². The molecule has 1 aliphatic carbocycles. The van der Waals surface area contributed by atoms with E-state index in [2.05, 4.69) is 12.0 Å². The Hall–Kier alpha value is -0.990. The van der Waals surface area contributed by atoms with Crippen LogP contribution in [0.3, 0.4) is 0 Å². The van der Waals surface area contributed by atoms with Gasteiger partial charge in [0.05, 0.1) is 12.2 Å². The van der Waals surface area contributed by atoms with Crippen molar-refractivity contribution in [2.45, 2.75) is 45.6 Å². The van der Waals surface area contributed by atoms with Gasteiger partial charge >= 0.3 is 0 Å². The van der Waals surface area contributed by atoms with E-state index < -0.39 is 0 Å². The monoisotopic (exact) mass is 193 g/mol. The Morgan fingerprint density at radius 2 is 2.14 bits per heavy atom. The highest BCUT2D eigenvalue weighted by atomic mass is 15.3. The molecule has 0 radical (unpaired) electrons. The van der Waals surface area contributed by atoms with Crippen LogP contribution in [0.4, 0.5) is 5.82 Å². The molecule has 78 valence electrons. The molecule has 0 amide bonds. The van der Waals surface area contributed by atoms with Crippen LogP contribution in [0.2, 0.25) is 0 Å². The standard InChI is InChI=1S/C11H19N3/c1-8-7-13-14(11(8)12)9(2)10-5-3-4-6-10/h7,9-10H,3-6,12H2,1-2H3. The summed E-state index contributed by atoms with van der Waals surface area (Å²) in [4.78, 5) is 0. The molecule has 0 saturated heterocycles. The van der Waals surface area contributed by atoms with Crippen molar-refractivity contribution in [2.75, 3.05) is 5.73 Å². The first-order valence-corrected chi connectivity index (χ1v) is 5.49. The zero-order chi connectivity index (χ0) is 10.1. The smallest absolute Gasteiger partial charge is 0.124 e. The number of anilines is 1. The molecule has 1 saturated carbocycles. The zero-order valence-corrected chi connectivity index (χ0v) is 9.03. The second-order valence-electron chi connectivity index (χ2n) is 4.44. The van der Waals surface area contributed by atoms with Crippen LogP contribution in [-0.2, 0) is 0 Å². The van der Waals surface area contributed by atoms with Gasteiger partial charge in [-0.15, -0.1) is 0 Å². The minimum atomic E-state index is 0.464. The first-order chi connectivity index (χ1) is 6.70. The summed E-state index contributed by atoms with van der Waals surface area (Å²) in [5, 5.41) is 4.35. The molecule has 2 N–H and O–H groups in total. The number of aromatic nitrogens is 2. The van der Waals surface area contributed by atoms with Crippen LogP contribution in [0.25, 0.3) is 0 Å². The van der Waals surface area contributed by atoms with E-state index in [9.17, 15) is 0 Å². The lowest BCUT2D eigenvalue weighted by Crippen LogP contribution is -2.17. The van der Waals surface area contributed by atoms with Crippen molar-refractivity contribution in [3.63, 3.8) is 0 Å². The van der Waals surface area contributed by atoms with E-state index in [1.165, 1.54) is 25.7 Å². The molecule has 3 heteroatoms. The van der Waals surface area contributed by atoms with Crippen LogP contribution in [0.1, 0.15) is 44.2 Å². The topological polar surface area (TPSA) is 43.8 Å². The van der Waals surface area contributed by atoms with Gasteiger partial charge in [-0.25, -0.2) is 4.68 Å². The molecule has 0 aliphatic heterocycles. The Balaban J connectivity index is 2.17. The molecule has 1 fully saturated rings. The first kappa shape index (κ1) is 9.56. The average molecular weight is 193 g/mol. The summed E-state index contributed by atoms with van der Waals surface area (Å²) in [6, 6.07) is 0.464. The molecule has 1 aromatic rings. The SMILES string of the molecule is Cc1cnn(C(C)C2CCCC2)c1N. The van der Waals surface area contributed by atoms with E-state index in [0.717, 1.165) is 17.3 Å². The van der Waals surface area contributed by atoms with Crippen LogP contribution < -0.4 is 5.73 Å². The average Bonchev–Trinajstić information content (AvgIpc) is 2.77. The Morgan fingerprint density at radius 1 is 1.50 bits per heavy atom. The molecule has 3 nitrogen and oxygen atoms in total. The number of nitrogens with zero attached hydrogens (tertiary/aromatic N) is 2. The van der Waals surface area contributed by atoms with Gasteiger partial charge in [-0.2, -0.15) is 5.10 Å². The Bertz CT molecular complexity index is 310. The predicted molar refractivity (Wildman–Crippen MR) is 58.0 cm³/mol. The second kappa shape index (κ2) is 3.64. The largest absolute Gasteiger partial charge is 0.384 e. The summed E-state index contributed by atoms with van der Waals surface area (Å²) in [6.07, 6.45) is 7.27. The van der Waals surface area contributed by atoms with Gasteiger partial charge in [0.15, 0.2) is 0 Å². The van der Waals surface area contributed by atoms with Gasteiger partial charge in [0, 0.05) is 5.56 Å². The van der Waals surface area contributed by atoms with Crippen molar-refractivity contribution in [1.82, 2.24) is 9.78 Å². The van der Waals surface area contributed by atoms with Crippen LogP contribution in [0.5, 0.6) is 0 Å². The normalized spacial score (nSPS) is 20.1. The maximum Gasteiger partial charge on any atom is 0.124 e. The van der Waals surface area contributed by atoms with Gasteiger partial charge in [0.2, 0.25) is 0 Å². The van der Waals surface area contributed by atoms with Crippen LogP contribution in [0, 0.1) is 12.8 Å². The molecule has 14 heavy (non-hydrogen) atoms. The molecule has 0 bridgehead atoms. The van der Waals surface area contributed by atoms with Crippen molar-refractivity contribution >= 4 is 5.82 Å². The first-order valence-electron chi connectivity index (χ1n) is 5.49. The lowest BCUT2D eigenvalue weighted by Gasteiger charge is -2.20. The highest BCUT2D eigenvalue weighted by Crippen LogP contribution is 2.34. The maximum atomic E-state index is 5.97. The third kappa shape index (κ3) is 1.51. The Labute approximate surface area is 85.3 Å². The third-order valence-electron chi connectivity index (χ3n) is 3.49. The van der Waals surface area contributed by atoms with Crippen molar-refractivity contribution < 1.29 is 0 Å². The molecule has 2 rings (SSSR count). The summed E-state index contributed by atoms with van der Waals surface area (Å²) in [7, 11) is 0. The lowest BCUT2D eigenvalue weighted by atomic mass is 10.00. The molecule has 1 aromatic heterocycles. The van der Waals surface area contributed by atoms with E-state index in [1.54, 1.807) is 0 Å². The van der Waals surface area contributed by atoms with Crippen LogP contribution in [-0.4, -0.2) is 9.78 Å². The van der Waals surface area contributed by atoms with Gasteiger partial charge in [0.25, 0.3) is 0 Å². The fourth-order valence-corrected chi connectivity index (χ4v) is 2.42. The number of aryl methyl sites for hydroxylation is 1. The minimum Gasteiger partial charge on any atom is -0.384 e. The molecule has 0 aromatic carbocycles. The fourth-order valence-electron chi connectivity index (χ4n) is 2.42. The molecule has 1 heterocycles. The predicted octanol–water partition coefficient (Wildman–Crippen LogP) is 2.52. The van der Waals surface area contributed by atoms with Gasteiger partial charge in [-0.3, -0.25) is 0 Å². The van der Waals surface area contributed by atoms with Gasteiger partial charge in [0.1, 0.15) is 5.82 Å². The number of rotatable bonds is 2. The Kier molecular flexibility index (Phi) is 2.48. The van der Waals surface area contributed by atoms with E-state index in [4.69, 9.17) is 5.73 Å². The van der Waals surface area contributed by atoms with Crippen molar-refractivity contribution in [3.05, 3.63) is 11.8 Å². The van der Waals surface area contributed by atoms with Crippen molar-refractivity contribution in [3.8, 4) is 0 Å². The molecule has 0 spiro atoms. The second-order valence-corrected chi connectivity index (χ2v) is 4.44. The minimum absolute atomic E-state index is 0.464. The molecular formula is C11H19N3. The quantitative estimate of drug-likeness (QED) is 0.784. The molecule has 1 atom stereocenters. The highest BCUT2D eigenvalue weighted by molar-refractivity contribution is 5.37. The third-order valence-corrected chi connectivity index (χ3v) is 3.49. The lowest BCUT2D eigenvalue weighted by molar-refractivity contribution is 0.339. The van der Waals surface area contributed by atoms with Crippen LogP contribution >= 0.6 is 0 Å². The van der Waals surface area contributed by atoms with Crippen molar-refractivity contribution in [2.24, 2.45) is 5.92 Å². The van der Waals surface area contributed by atoms with E-state index in [0.29, 0.717) is 6.04 Å². The van der Waals surface area contributed by atoms with E-state index in [-0.39, 0.29) is 0 Å². The Morgan fingerprint density at radius 3 is 2.64 bits per heavy atom. The number of nitrogens with two attached hydrogens (primary N) is 1. The molecule has 1 aliphatic rings. The summed E-state index contributed by atoms with van der Waals surface area (Å²) in [6.45, 7) is 4.25. The van der Waals surface area contributed by atoms with Crippen molar-refractivity contribution in [1.29, 1.82) is 0 Å². The maximum absolute atomic E-state index is 5.97. The molecular weight excluding hydrogens is 174 g/mol. The molecule has 1 unspecified atom stereocenters. The highest BCUT2D eigenvalue weighted by Gasteiger charge is 2.24. The zero-order valence-electron chi connectivity index (χ0n) is 9.03. The van der Waals surface area contributed by atoms with Gasteiger partial charge in [-0.05, 0) is 32.6 Å². The van der Waals surface area contributed by atoms with E-state index in [1.807, 2.05) is 17.8 Å². The number of nitrogen functional groups attached to an aromatic ring is 1.